The van der Waals surface area contributed by atoms with Crippen LogP contribution >= 0.6 is 27.5 Å². The van der Waals surface area contributed by atoms with E-state index in [1.807, 2.05) is 60.8 Å². The van der Waals surface area contributed by atoms with Crippen molar-refractivity contribution in [2.45, 2.75) is 45.4 Å². The van der Waals surface area contributed by atoms with E-state index in [1.165, 1.54) is 11.0 Å². The zero-order chi connectivity index (χ0) is 33.4. The standard InChI is InChI=1S/C36H32BrClN4O5/c1-20(2)47-30-15-14-24(18-29(30)38)34(44)39-25(19-42-35(45)27-7-4-5-8-28(27)36(42)46)17-22-10-12-23(13-11-22)31-32(37)41-16-6-9-26(21(3)43)33(41)40-31/h4-16,18,20-21,25,43H,17,19H2,1-3H3,(H,39,44)/t21-,25-/m0/s1. The van der Waals surface area contributed by atoms with Crippen molar-refractivity contribution in [3.8, 4) is 17.0 Å². The fourth-order valence-corrected chi connectivity index (χ4v) is 6.53. The van der Waals surface area contributed by atoms with E-state index in [2.05, 4.69) is 21.2 Å². The van der Waals surface area contributed by atoms with E-state index in [4.69, 9.17) is 21.3 Å². The van der Waals surface area contributed by atoms with E-state index in [0.717, 1.165) is 15.7 Å². The Hall–Kier alpha value is -4.51. The van der Waals surface area contributed by atoms with Gasteiger partial charge >= 0.3 is 0 Å². The molecule has 0 saturated heterocycles. The topological polar surface area (TPSA) is 113 Å². The molecule has 0 saturated carbocycles. The molecule has 1 aliphatic rings. The number of fused-ring (bicyclic) bond motifs is 2. The highest BCUT2D eigenvalue weighted by molar-refractivity contribution is 9.10. The van der Waals surface area contributed by atoms with Gasteiger partial charge in [0.05, 0.1) is 34.4 Å². The van der Waals surface area contributed by atoms with E-state index in [0.29, 0.717) is 50.8 Å². The lowest BCUT2D eigenvalue weighted by atomic mass is 10.0. The highest BCUT2D eigenvalue weighted by Crippen LogP contribution is 2.32. The second-order valence-electron chi connectivity index (χ2n) is 11.7. The van der Waals surface area contributed by atoms with Gasteiger partial charge in [0.1, 0.15) is 21.7 Å². The molecule has 0 radical (unpaired) electrons. The number of benzene rings is 3. The number of nitrogens with zero attached hydrogens (tertiary/aromatic N) is 3. The highest BCUT2D eigenvalue weighted by atomic mass is 79.9. The summed E-state index contributed by atoms with van der Waals surface area (Å²) in [5, 5.41) is 13.6. The van der Waals surface area contributed by atoms with Gasteiger partial charge in [0.15, 0.2) is 0 Å². The van der Waals surface area contributed by atoms with E-state index in [-0.39, 0.29) is 12.6 Å². The number of hydrogen-bond acceptors (Lipinski definition) is 6. The van der Waals surface area contributed by atoms with Crippen molar-refractivity contribution < 1.29 is 24.2 Å². The number of imidazole rings is 1. The molecule has 2 aromatic heterocycles. The first-order chi connectivity index (χ1) is 22.5. The van der Waals surface area contributed by atoms with Crippen molar-refractivity contribution in [3.05, 3.63) is 123 Å². The fourth-order valence-electron chi connectivity index (χ4n) is 5.70. The van der Waals surface area contributed by atoms with Crippen molar-refractivity contribution in [3.63, 3.8) is 0 Å². The van der Waals surface area contributed by atoms with Gasteiger partial charge < -0.3 is 15.2 Å². The van der Waals surface area contributed by atoms with E-state index >= 15 is 0 Å². The number of halogens is 2. The van der Waals surface area contributed by atoms with Gasteiger partial charge in [-0.05, 0) is 85.1 Å². The number of rotatable bonds is 10. The summed E-state index contributed by atoms with van der Waals surface area (Å²) < 4.78 is 8.33. The highest BCUT2D eigenvalue weighted by Gasteiger charge is 2.36. The Balaban J connectivity index is 1.27. The lowest BCUT2D eigenvalue weighted by molar-refractivity contribution is 0.0628. The minimum Gasteiger partial charge on any atom is -0.489 e. The summed E-state index contributed by atoms with van der Waals surface area (Å²) in [6.07, 6.45) is 1.44. The number of aliphatic hydroxyl groups is 1. The third kappa shape index (κ3) is 6.54. The second kappa shape index (κ2) is 13.3. The third-order valence-corrected chi connectivity index (χ3v) is 9.01. The Morgan fingerprint density at radius 2 is 1.66 bits per heavy atom. The SMILES string of the molecule is CC(C)Oc1ccc(C(=O)N[C@@H](Cc2ccc(-c3nc4c([C@H](C)O)cccn4c3Br)cc2)CN2C(=O)c3ccccc3C2=O)cc1Cl. The lowest BCUT2D eigenvalue weighted by Gasteiger charge is -2.24. The van der Waals surface area contributed by atoms with Gasteiger partial charge in [-0.1, -0.05) is 54.1 Å². The van der Waals surface area contributed by atoms with Crippen LogP contribution in [0.1, 0.15) is 69.1 Å². The van der Waals surface area contributed by atoms with Gasteiger partial charge in [0.2, 0.25) is 0 Å². The fraction of sp³-hybridized carbons (Fsp3) is 0.222. The number of aliphatic hydroxyl groups excluding tert-OH is 1. The van der Waals surface area contributed by atoms with E-state index < -0.39 is 29.9 Å². The molecule has 47 heavy (non-hydrogen) atoms. The molecular weight excluding hydrogens is 684 g/mol. The number of hydrogen-bond donors (Lipinski definition) is 2. The van der Waals surface area contributed by atoms with Crippen LogP contribution in [-0.2, 0) is 6.42 Å². The summed E-state index contributed by atoms with van der Waals surface area (Å²) in [4.78, 5) is 45.9. The smallest absolute Gasteiger partial charge is 0.261 e. The van der Waals surface area contributed by atoms with Crippen molar-refractivity contribution in [2.75, 3.05) is 6.54 Å². The summed E-state index contributed by atoms with van der Waals surface area (Å²) in [5.41, 5.74) is 4.81. The van der Waals surface area contributed by atoms with Crippen molar-refractivity contribution in [2.24, 2.45) is 0 Å². The average Bonchev–Trinajstić information content (AvgIpc) is 3.51. The van der Waals surface area contributed by atoms with Crippen LogP contribution in [0.4, 0.5) is 0 Å². The molecule has 9 nitrogen and oxygen atoms in total. The lowest BCUT2D eigenvalue weighted by Crippen LogP contribution is -2.47. The molecule has 0 unspecified atom stereocenters. The Morgan fingerprint density at radius 1 is 0.979 bits per heavy atom. The van der Waals surface area contributed by atoms with Crippen LogP contribution in [0.3, 0.4) is 0 Å². The van der Waals surface area contributed by atoms with Gasteiger partial charge in [0.25, 0.3) is 17.7 Å². The molecule has 11 heteroatoms. The maximum Gasteiger partial charge on any atom is 0.261 e. The first kappa shape index (κ1) is 32.4. The molecule has 240 valence electrons. The Bertz CT molecular complexity index is 1970. The van der Waals surface area contributed by atoms with Crippen LogP contribution in [0.25, 0.3) is 16.9 Å². The predicted octanol–water partition coefficient (Wildman–Crippen LogP) is 6.90. The van der Waals surface area contributed by atoms with E-state index in [1.54, 1.807) is 43.3 Å². The minimum atomic E-state index is -0.681. The van der Waals surface area contributed by atoms with Crippen LogP contribution < -0.4 is 10.1 Å². The van der Waals surface area contributed by atoms with Gasteiger partial charge in [-0.15, -0.1) is 0 Å². The number of pyridine rings is 1. The first-order valence-corrected chi connectivity index (χ1v) is 16.3. The zero-order valence-corrected chi connectivity index (χ0v) is 28.2. The number of carbonyl (C=O) groups excluding carboxylic acids is 3. The van der Waals surface area contributed by atoms with Crippen LogP contribution in [0.5, 0.6) is 5.75 Å². The summed E-state index contributed by atoms with van der Waals surface area (Å²) in [7, 11) is 0. The maximum absolute atomic E-state index is 13.5. The van der Waals surface area contributed by atoms with Gasteiger partial charge in [-0.3, -0.25) is 23.7 Å². The molecule has 2 N–H and O–H groups in total. The van der Waals surface area contributed by atoms with Crippen molar-refractivity contribution in [1.29, 1.82) is 0 Å². The van der Waals surface area contributed by atoms with Crippen LogP contribution in [0.2, 0.25) is 5.02 Å². The normalized spacial score (nSPS) is 14.1. The third-order valence-electron chi connectivity index (χ3n) is 7.95. The molecule has 6 rings (SSSR count). The number of nitrogens with one attached hydrogen (secondary N) is 1. The predicted molar refractivity (Wildman–Crippen MR) is 183 cm³/mol. The summed E-state index contributed by atoms with van der Waals surface area (Å²) in [6.45, 7) is 5.45. The molecule has 2 atom stereocenters. The summed E-state index contributed by atoms with van der Waals surface area (Å²) in [6, 6.07) is 22.3. The van der Waals surface area contributed by atoms with Crippen molar-refractivity contribution in [1.82, 2.24) is 19.6 Å². The van der Waals surface area contributed by atoms with Gasteiger partial charge in [0, 0.05) is 29.4 Å². The Labute approximate surface area is 285 Å². The van der Waals surface area contributed by atoms with Crippen molar-refractivity contribution >= 4 is 50.9 Å². The molecule has 3 aromatic carbocycles. The largest absolute Gasteiger partial charge is 0.489 e. The minimum absolute atomic E-state index is 0.0256. The monoisotopic (exact) mass is 714 g/mol. The molecular formula is C36H32BrClN4O5. The molecule has 0 aliphatic carbocycles. The Kier molecular flexibility index (Phi) is 9.18. The number of amides is 3. The molecule has 3 heterocycles. The molecule has 0 spiro atoms. The number of aromatic nitrogens is 2. The van der Waals surface area contributed by atoms with Gasteiger partial charge in [-0.25, -0.2) is 4.98 Å². The van der Waals surface area contributed by atoms with Crippen LogP contribution in [0, 0.1) is 0 Å². The Morgan fingerprint density at radius 3 is 2.28 bits per heavy atom. The van der Waals surface area contributed by atoms with Crippen LogP contribution in [-0.4, -0.2) is 55.8 Å². The molecule has 3 amide bonds. The van der Waals surface area contributed by atoms with Crippen LogP contribution in [0.15, 0.2) is 89.7 Å². The first-order valence-electron chi connectivity index (χ1n) is 15.2. The molecule has 0 bridgehead atoms. The zero-order valence-electron chi connectivity index (χ0n) is 25.9. The number of ether oxygens (including phenoxy) is 1. The number of carbonyl (C=O) groups is 3. The maximum atomic E-state index is 13.5. The number of imide groups is 1. The molecule has 5 aromatic rings. The second-order valence-corrected chi connectivity index (χ2v) is 12.9. The summed E-state index contributed by atoms with van der Waals surface area (Å²) >= 11 is 10.1. The molecule has 0 fully saturated rings. The van der Waals surface area contributed by atoms with E-state index in [9.17, 15) is 19.5 Å². The van der Waals surface area contributed by atoms with Gasteiger partial charge in [-0.2, -0.15) is 0 Å². The average molecular weight is 716 g/mol. The molecule has 1 aliphatic heterocycles. The quantitative estimate of drug-likeness (QED) is 0.152. The summed E-state index contributed by atoms with van der Waals surface area (Å²) in [5.74, 6) is -0.720.